The van der Waals surface area contributed by atoms with Crippen LogP contribution in [0.1, 0.15) is 12.8 Å². The Morgan fingerprint density at radius 1 is 1.45 bits per heavy atom. The lowest BCUT2D eigenvalue weighted by atomic mass is 9.82. The van der Waals surface area contributed by atoms with Crippen molar-refractivity contribution in [2.45, 2.75) is 19.4 Å². The minimum Gasteiger partial charge on any atom is -0.381 e. The highest BCUT2D eigenvalue weighted by molar-refractivity contribution is 9.10. The van der Waals surface area contributed by atoms with Crippen LogP contribution < -0.4 is 5.56 Å². The first-order chi connectivity index (χ1) is 9.47. The standard InChI is InChI=1S/C12H14Br2N2O4/c13-7-12(1-3-20-4-2-12)8-15-6-9(14)5-10(11(15)17)16(18)19/h5-6H,1-4,7-8H2. The SMILES string of the molecule is O=c1c([N+](=O)[O-])cc(Br)cn1CC1(CBr)CCOCC1. The molecule has 1 aliphatic heterocycles. The first kappa shape index (κ1) is 15.7. The third kappa shape index (κ3) is 3.29. The van der Waals surface area contributed by atoms with Gasteiger partial charge in [-0.05, 0) is 28.8 Å². The van der Waals surface area contributed by atoms with Crippen molar-refractivity contribution >= 4 is 37.5 Å². The molecule has 6 nitrogen and oxygen atoms in total. The molecule has 0 amide bonds. The van der Waals surface area contributed by atoms with Gasteiger partial charge in [0.05, 0.1) is 4.92 Å². The van der Waals surface area contributed by atoms with Gasteiger partial charge in [0, 0.05) is 47.2 Å². The molecule has 1 aromatic rings. The van der Waals surface area contributed by atoms with Crippen molar-refractivity contribution in [3.05, 3.63) is 37.2 Å². The van der Waals surface area contributed by atoms with E-state index >= 15 is 0 Å². The van der Waals surface area contributed by atoms with Crippen LogP contribution in [-0.4, -0.2) is 28.0 Å². The van der Waals surface area contributed by atoms with Crippen molar-refractivity contribution in [2.24, 2.45) is 5.41 Å². The summed E-state index contributed by atoms with van der Waals surface area (Å²) in [5.74, 6) is 0. The second-order valence-corrected chi connectivity index (χ2v) is 6.46. The number of halogens is 2. The largest absolute Gasteiger partial charge is 0.381 e. The lowest BCUT2D eigenvalue weighted by molar-refractivity contribution is -0.386. The third-order valence-electron chi connectivity index (χ3n) is 3.57. The van der Waals surface area contributed by atoms with Crippen LogP contribution in [0.3, 0.4) is 0 Å². The van der Waals surface area contributed by atoms with Crippen molar-refractivity contribution in [1.82, 2.24) is 4.57 Å². The predicted octanol–water partition coefficient (Wildman–Crippen LogP) is 2.71. The van der Waals surface area contributed by atoms with E-state index in [2.05, 4.69) is 31.9 Å². The maximum absolute atomic E-state index is 12.1. The zero-order valence-electron chi connectivity index (χ0n) is 10.7. The first-order valence-corrected chi connectivity index (χ1v) is 8.07. The number of aromatic nitrogens is 1. The van der Waals surface area contributed by atoms with E-state index in [0.29, 0.717) is 24.2 Å². The molecule has 0 atom stereocenters. The lowest BCUT2D eigenvalue weighted by Crippen LogP contribution is -2.38. The van der Waals surface area contributed by atoms with Gasteiger partial charge in [-0.25, -0.2) is 0 Å². The summed E-state index contributed by atoms with van der Waals surface area (Å²) in [5, 5.41) is 11.6. The van der Waals surface area contributed by atoms with Crippen molar-refractivity contribution in [1.29, 1.82) is 0 Å². The molecule has 110 valence electrons. The molecule has 0 N–H and O–H groups in total. The molecule has 2 rings (SSSR count). The summed E-state index contributed by atoms with van der Waals surface area (Å²) in [6.45, 7) is 1.74. The Labute approximate surface area is 132 Å². The first-order valence-electron chi connectivity index (χ1n) is 6.15. The molecule has 0 aliphatic carbocycles. The van der Waals surface area contributed by atoms with Crippen LogP contribution in [0.2, 0.25) is 0 Å². The molecule has 0 aromatic carbocycles. The van der Waals surface area contributed by atoms with Crippen LogP contribution in [-0.2, 0) is 11.3 Å². The summed E-state index contributed by atoms with van der Waals surface area (Å²) in [6, 6.07) is 1.24. The van der Waals surface area contributed by atoms with Gasteiger partial charge in [-0.1, -0.05) is 15.9 Å². The molecule has 1 aromatic heterocycles. The number of hydrogen-bond donors (Lipinski definition) is 0. The summed E-state index contributed by atoms with van der Waals surface area (Å²) in [7, 11) is 0. The van der Waals surface area contributed by atoms with E-state index < -0.39 is 16.2 Å². The highest BCUT2D eigenvalue weighted by Gasteiger charge is 2.33. The van der Waals surface area contributed by atoms with E-state index in [4.69, 9.17) is 4.74 Å². The molecule has 8 heteroatoms. The molecular weight excluding hydrogens is 396 g/mol. The maximum Gasteiger partial charge on any atom is 0.335 e. The molecule has 1 fully saturated rings. The molecule has 0 radical (unpaired) electrons. The molecule has 0 saturated carbocycles. The summed E-state index contributed by atoms with van der Waals surface area (Å²) in [5.41, 5.74) is -1.07. The van der Waals surface area contributed by atoms with Gasteiger partial charge in [-0.3, -0.25) is 14.9 Å². The number of rotatable bonds is 4. The van der Waals surface area contributed by atoms with Gasteiger partial charge < -0.3 is 9.30 Å². The predicted molar refractivity (Wildman–Crippen MR) is 81.3 cm³/mol. The van der Waals surface area contributed by atoms with Crippen LogP contribution in [0, 0.1) is 15.5 Å². The highest BCUT2D eigenvalue weighted by atomic mass is 79.9. The third-order valence-corrected chi connectivity index (χ3v) is 5.20. The lowest BCUT2D eigenvalue weighted by Gasteiger charge is -2.36. The summed E-state index contributed by atoms with van der Waals surface area (Å²) < 4.78 is 7.31. The minimum atomic E-state index is -0.644. The van der Waals surface area contributed by atoms with Crippen LogP contribution >= 0.6 is 31.9 Å². The average molecular weight is 410 g/mol. The van der Waals surface area contributed by atoms with Crippen molar-refractivity contribution in [3.63, 3.8) is 0 Å². The van der Waals surface area contributed by atoms with Crippen LogP contribution in [0.15, 0.2) is 21.5 Å². The number of nitrogens with zero attached hydrogens (tertiary/aromatic N) is 2. The summed E-state index contributed by atoms with van der Waals surface area (Å²) in [4.78, 5) is 22.4. The minimum absolute atomic E-state index is 0.100. The molecule has 0 bridgehead atoms. The van der Waals surface area contributed by atoms with Gasteiger partial charge in [0.1, 0.15) is 0 Å². The molecular formula is C12H14Br2N2O4. The van der Waals surface area contributed by atoms with Gasteiger partial charge in [-0.2, -0.15) is 0 Å². The van der Waals surface area contributed by atoms with Gasteiger partial charge in [-0.15, -0.1) is 0 Å². The summed E-state index contributed by atoms with van der Waals surface area (Å²) in [6.07, 6.45) is 3.26. The van der Waals surface area contributed by atoms with Gasteiger partial charge >= 0.3 is 11.2 Å². The van der Waals surface area contributed by atoms with Crippen LogP contribution in [0.25, 0.3) is 0 Å². The number of alkyl halides is 1. The Morgan fingerprint density at radius 3 is 2.65 bits per heavy atom. The molecule has 0 spiro atoms. The van der Waals surface area contributed by atoms with Crippen LogP contribution in [0.4, 0.5) is 5.69 Å². The number of pyridine rings is 1. The average Bonchev–Trinajstić information content (AvgIpc) is 2.43. The number of hydrogen-bond acceptors (Lipinski definition) is 4. The van der Waals surface area contributed by atoms with E-state index in [-0.39, 0.29) is 5.41 Å². The highest BCUT2D eigenvalue weighted by Crippen LogP contribution is 2.34. The molecule has 20 heavy (non-hydrogen) atoms. The Bertz CT molecular complexity index is 567. The van der Waals surface area contributed by atoms with E-state index in [1.54, 1.807) is 6.20 Å². The summed E-state index contributed by atoms with van der Waals surface area (Å²) >= 11 is 6.72. The van der Waals surface area contributed by atoms with Crippen molar-refractivity contribution < 1.29 is 9.66 Å². The Morgan fingerprint density at radius 2 is 2.10 bits per heavy atom. The normalized spacial score (nSPS) is 17.9. The Hall–Kier alpha value is -0.730. The van der Waals surface area contributed by atoms with E-state index in [1.807, 2.05) is 0 Å². The Balaban J connectivity index is 2.37. The Kier molecular flexibility index (Phi) is 4.98. The molecule has 0 unspecified atom stereocenters. The zero-order valence-corrected chi connectivity index (χ0v) is 13.9. The second kappa shape index (κ2) is 6.36. The van der Waals surface area contributed by atoms with E-state index in [9.17, 15) is 14.9 Å². The van der Waals surface area contributed by atoms with E-state index in [1.165, 1.54) is 10.6 Å². The van der Waals surface area contributed by atoms with E-state index in [0.717, 1.165) is 18.2 Å². The number of ether oxygens (including phenoxy) is 1. The fraction of sp³-hybridized carbons (Fsp3) is 0.583. The van der Waals surface area contributed by atoms with Gasteiger partial charge in [0.15, 0.2) is 0 Å². The fourth-order valence-corrected chi connectivity index (χ4v) is 3.53. The second-order valence-electron chi connectivity index (χ2n) is 4.98. The maximum atomic E-state index is 12.1. The monoisotopic (exact) mass is 408 g/mol. The van der Waals surface area contributed by atoms with Gasteiger partial charge in [0.2, 0.25) is 0 Å². The topological polar surface area (TPSA) is 74.4 Å². The molecule has 2 heterocycles. The smallest absolute Gasteiger partial charge is 0.335 e. The van der Waals surface area contributed by atoms with Gasteiger partial charge in [0.25, 0.3) is 0 Å². The van der Waals surface area contributed by atoms with Crippen molar-refractivity contribution in [2.75, 3.05) is 18.5 Å². The fourth-order valence-electron chi connectivity index (χ4n) is 2.33. The molecule has 1 saturated heterocycles. The van der Waals surface area contributed by atoms with Crippen LogP contribution in [0.5, 0.6) is 0 Å². The number of nitro groups is 1. The quantitative estimate of drug-likeness (QED) is 0.435. The zero-order chi connectivity index (χ0) is 14.8. The molecule has 1 aliphatic rings. The van der Waals surface area contributed by atoms with Crippen molar-refractivity contribution in [3.8, 4) is 0 Å².